The molecule has 3 N–H and O–H groups in total. The van der Waals surface area contributed by atoms with E-state index in [-0.39, 0.29) is 23.8 Å². The first-order chi connectivity index (χ1) is 40.2. The number of benzene rings is 2. The van der Waals surface area contributed by atoms with E-state index >= 15 is 0 Å². The molecule has 0 spiro atoms. The third-order valence-corrected chi connectivity index (χ3v) is 16.4. The number of nitrogens with zero attached hydrogens (tertiary/aromatic N) is 11. The van der Waals surface area contributed by atoms with Crippen molar-refractivity contribution in [1.82, 2.24) is 54.4 Å². The molecule has 7 aromatic rings. The fourth-order valence-corrected chi connectivity index (χ4v) is 11.9. The highest BCUT2D eigenvalue weighted by Gasteiger charge is 2.32. The van der Waals surface area contributed by atoms with Crippen molar-refractivity contribution in [3.05, 3.63) is 138 Å². The van der Waals surface area contributed by atoms with E-state index in [0.29, 0.717) is 67.5 Å². The average molecular weight is 1110 g/mol. The Hall–Kier alpha value is -7.68. The molecule has 3 atom stereocenters. The molecule has 12 rings (SSSR count). The van der Waals surface area contributed by atoms with Crippen LogP contribution in [0.3, 0.4) is 0 Å². The number of hydrogen-bond donors (Lipinski definition) is 3. The van der Waals surface area contributed by atoms with Crippen LogP contribution in [0.4, 0.5) is 5.69 Å². The van der Waals surface area contributed by atoms with E-state index in [1.54, 1.807) is 18.6 Å². The second-order valence-corrected chi connectivity index (χ2v) is 22.4. The van der Waals surface area contributed by atoms with Crippen molar-refractivity contribution in [3.8, 4) is 22.9 Å². The van der Waals surface area contributed by atoms with E-state index in [2.05, 4.69) is 64.9 Å². The highest BCUT2D eigenvalue weighted by molar-refractivity contribution is 6.13. The van der Waals surface area contributed by atoms with Gasteiger partial charge < -0.3 is 44.0 Å². The lowest BCUT2D eigenvalue weighted by Gasteiger charge is -2.39. The lowest BCUT2D eigenvalue weighted by molar-refractivity contribution is 0.0113. The van der Waals surface area contributed by atoms with Crippen LogP contribution < -0.4 is 9.47 Å². The van der Waals surface area contributed by atoms with Gasteiger partial charge in [0, 0.05) is 150 Å². The third-order valence-electron chi connectivity index (χ3n) is 16.4. The molecule has 3 unspecified atom stereocenters. The summed E-state index contributed by atoms with van der Waals surface area (Å²) in [5.74, 6) is 3.17. The minimum absolute atomic E-state index is 0.0160. The number of pyridine rings is 2. The number of aliphatic hydroxyl groups is 1. The number of morpholine rings is 1. The Balaban J connectivity index is 0.616. The Bertz CT molecular complexity index is 3460. The highest BCUT2D eigenvalue weighted by atomic mass is 16.5. The monoisotopic (exact) mass is 1110 g/mol. The SMILES string of the molecule is CN1CCN(C(=O)c2cc3cc(CCc4nccc(-c5cc(OC6CC(O)CC(CN7CCN(C(=O)c8cc9cc(N=C%10CCC/C=C\C(c%11cc(OCCN%12CCOCC%12)ccn%11)=N%10)ccc9[nH]8)CC7)C6)ccn5)n4)ccc3[nH]2)CC1. The molecule has 0 bridgehead atoms. The van der Waals surface area contributed by atoms with Crippen LogP contribution in [0.2, 0.25) is 0 Å². The Kier molecular flexibility index (Phi) is 17.2. The summed E-state index contributed by atoms with van der Waals surface area (Å²) in [4.78, 5) is 73.6. The standard InChI is InChI=1S/C63H73N13O6/c1-72-19-23-75(24-20-72)62(78)58-37-45-33-43(7-10-52(45)68-58)8-12-60-66-18-15-55(70-60)57-41-50(14-17-65-57)82-51-35-44(34-48(77)39-51)42-74-21-25-76(26-22-74)63(79)59-38-46-36-47(9-11-53(46)69-59)67-61-6-4-2-3-5-54(71-61)56-40-49(13-16-64-56)81-32-29-73-27-30-80-31-28-73/h3,5,7,9-11,13-18,33,36-38,40-41,44,48,51,68-69,77H,2,4,6,8,12,19-32,34-35,39,42H2,1H3/b5-3-,67-61?,71-54?. The molecular weight excluding hydrogens is 1030 g/mol. The molecule has 5 aromatic heterocycles. The Labute approximate surface area is 478 Å². The van der Waals surface area contributed by atoms with Gasteiger partial charge in [0.05, 0.1) is 47.8 Å². The lowest BCUT2D eigenvalue weighted by Crippen LogP contribution is -2.50. The van der Waals surface area contributed by atoms with Crippen molar-refractivity contribution in [3.63, 3.8) is 0 Å². The number of amidine groups is 1. The topological polar surface area (TPSA) is 206 Å². The maximum atomic E-state index is 14.0. The van der Waals surface area contributed by atoms with E-state index in [9.17, 15) is 14.7 Å². The van der Waals surface area contributed by atoms with Crippen LogP contribution in [-0.2, 0) is 17.6 Å². The second kappa shape index (κ2) is 25.6. The van der Waals surface area contributed by atoms with Crippen molar-refractivity contribution < 1.29 is 28.9 Å². The van der Waals surface area contributed by atoms with Gasteiger partial charge in [-0.25, -0.2) is 20.0 Å². The van der Waals surface area contributed by atoms with E-state index in [0.717, 1.165) is 173 Å². The molecule has 426 valence electrons. The molecule has 19 heteroatoms. The number of nitrogens with one attached hydrogen (secondary N) is 2. The summed E-state index contributed by atoms with van der Waals surface area (Å²) >= 11 is 0. The molecular formula is C63H73N13O6. The molecule has 82 heavy (non-hydrogen) atoms. The number of likely N-dealkylation sites (N-methyl/N-ethyl adjacent to an activating group) is 1. The molecule has 1 aliphatic carbocycles. The van der Waals surface area contributed by atoms with Gasteiger partial charge in [-0.15, -0.1) is 0 Å². The zero-order chi connectivity index (χ0) is 55.8. The van der Waals surface area contributed by atoms with Gasteiger partial charge in [-0.1, -0.05) is 12.1 Å². The van der Waals surface area contributed by atoms with Crippen molar-refractivity contribution in [1.29, 1.82) is 0 Å². The van der Waals surface area contributed by atoms with Gasteiger partial charge in [0.1, 0.15) is 47.3 Å². The molecule has 0 radical (unpaired) electrons. The zero-order valence-electron chi connectivity index (χ0n) is 46.8. The van der Waals surface area contributed by atoms with Gasteiger partial charge >= 0.3 is 0 Å². The first-order valence-electron chi connectivity index (χ1n) is 29.3. The van der Waals surface area contributed by atoms with Crippen molar-refractivity contribution >= 4 is 50.9 Å². The number of hydrogen-bond acceptors (Lipinski definition) is 14. The summed E-state index contributed by atoms with van der Waals surface area (Å²) in [6, 6.07) is 25.6. The predicted molar refractivity (Wildman–Crippen MR) is 316 cm³/mol. The molecule has 4 aliphatic heterocycles. The number of amides is 2. The summed E-state index contributed by atoms with van der Waals surface area (Å²) in [6.45, 7) is 11.6. The molecule has 3 saturated heterocycles. The molecule has 1 saturated carbocycles. The van der Waals surface area contributed by atoms with E-state index in [4.69, 9.17) is 29.2 Å². The van der Waals surface area contributed by atoms with Crippen LogP contribution >= 0.6 is 0 Å². The number of rotatable bonds is 16. The number of allylic oxidation sites excluding steroid dienone is 2. The fraction of sp³-hybridized carbons (Fsp3) is 0.429. The van der Waals surface area contributed by atoms with E-state index in [1.807, 2.05) is 82.6 Å². The van der Waals surface area contributed by atoms with Crippen LogP contribution in [0.15, 0.2) is 120 Å². The number of aliphatic imine (C=N–C) groups is 2. The molecule has 2 amide bonds. The maximum Gasteiger partial charge on any atom is 0.270 e. The molecule has 2 aromatic carbocycles. The third kappa shape index (κ3) is 13.8. The van der Waals surface area contributed by atoms with Crippen LogP contribution in [0.25, 0.3) is 33.2 Å². The van der Waals surface area contributed by atoms with Crippen LogP contribution in [0.5, 0.6) is 11.5 Å². The predicted octanol–water partition coefficient (Wildman–Crippen LogP) is 7.41. The minimum Gasteiger partial charge on any atom is -0.492 e. The largest absolute Gasteiger partial charge is 0.492 e. The number of carbonyl (C=O) groups is 2. The Morgan fingerprint density at radius 2 is 1.41 bits per heavy atom. The van der Waals surface area contributed by atoms with Crippen LogP contribution in [0, 0.1) is 5.92 Å². The fourth-order valence-electron chi connectivity index (χ4n) is 11.9. The zero-order valence-corrected chi connectivity index (χ0v) is 46.8. The minimum atomic E-state index is -0.466. The van der Waals surface area contributed by atoms with Gasteiger partial charge in [-0.05, 0) is 117 Å². The molecule has 5 aliphatic rings. The first-order valence-corrected chi connectivity index (χ1v) is 29.3. The first kappa shape index (κ1) is 54.9. The number of carbonyl (C=O) groups excluding carboxylic acids is 2. The average Bonchev–Trinajstić information content (AvgIpc) is 4.17. The van der Waals surface area contributed by atoms with Gasteiger partial charge in [0.15, 0.2) is 0 Å². The van der Waals surface area contributed by atoms with Gasteiger partial charge in [0.25, 0.3) is 11.8 Å². The van der Waals surface area contributed by atoms with E-state index in [1.165, 1.54) is 0 Å². The lowest BCUT2D eigenvalue weighted by atomic mass is 9.84. The number of aromatic nitrogens is 6. The smallest absolute Gasteiger partial charge is 0.270 e. The van der Waals surface area contributed by atoms with Crippen LogP contribution in [0.1, 0.15) is 76.6 Å². The summed E-state index contributed by atoms with van der Waals surface area (Å²) in [5.41, 5.74) is 7.83. The van der Waals surface area contributed by atoms with Crippen molar-refractivity contribution in [2.45, 2.75) is 63.6 Å². The summed E-state index contributed by atoms with van der Waals surface area (Å²) in [7, 11) is 2.09. The highest BCUT2D eigenvalue weighted by Crippen LogP contribution is 2.32. The molecule has 4 fully saturated rings. The Morgan fingerprint density at radius 3 is 2.21 bits per heavy atom. The second-order valence-electron chi connectivity index (χ2n) is 22.4. The van der Waals surface area contributed by atoms with Gasteiger partial charge in [-0.3, -0.25) is 29.4 Å². The Morgan fingerprint density at radius 1 is 0.707 bits per heavy atom. The van der Waals surface area contributed by atoms with E-state index < -0.39 is 6.10 Å². The summed E-state index contributed by atoms with van der Waals surface area (Å²) in [5, 5.41) is 13.0. The number of H-pyrrole nitrogens is 2. The molecule has 9 heterocycles. The molecule has 19 nitrogen and oxygen atoms in total. The van der Waals surface area contributed by atoms with Crippen molar-refractivity contribution in [2.24, 2.45) is 15.9 Å². The number of ether oxygens (including phenoxy) is 3. The number of aliphatic hydroxyl groups excluding tert-OH is 1. The van der Waals surface area contributed by atoms with Crippen molar-refractivity contribution in [2.75, 3.05) is 105 Å². The normalized spacial score (nSPS) is 21.6. The summed E-state index contributed by atoms with van der Waals surface area (Å²) < 4.78 is 18.2. The van der Waals surface area contributed by atoms with Crippen LogP contribution in [-0.4, -0.2) is 200 Å². The van der Waals surface area contributed by atoms with Gasteiger partial charge in [0.2, 0.25) is 0 Å². The summed E-state index contributed by atoms with van der Waals surface area (Å²) in [6.07, 6.45) is 14.9. The maximum absolute atomic E-state index is 14.0. The number of piperazine rings is 2. The quantitative estimate of drug-likeness (QED) is 0.0864. The number of fused-ring (bicyclic) bond motifs is 2. The van der Waals surface area contributed by atoms with Gasteiger partial charge in [-0.2, -0.15) is 0 Å². The number of aryl methyl sites for hydroxylation is 2. The number of aromatic amines is 2.